The molecule has 2 fully saturated rings. The average molecular weight is 301 g/mol. The standard InChI is InChI=1S/C16H31NO2S/c1-3-8-17-15(5-4-9-18-2)14-6-10-19-16(12-14)7-11-20-13-16/h14-15,17H,3-13H2,1-2H3. The van der Waals surface area contributed by atoms with Crippen LogP contribution in [0, 0.1) is 5.92 Å². The molecule has 2 heterocycles. The van der Waals surface area contributed by atoms with E-state index in [2.05, 4.69) is 24.0 Å². The molecule has 0 aromatic carbocycles. The second kappa shape index (κ2) is 8.62. The molecule has 0 aromatic heterocycles. The van der Waals surface area contributed by atoms with Gasteiger partial charge >= 0.3 is 0 Å². The van der Waals surface area contributed by atoms with Gasteiger partial charge in [-0.25, -0.2) is 0 Å². The second-order valence-corrected chi connectivity index (χ2v) is 7.39. The Hall–Kier alpha value is 0.230. The van der Waals surface area contributed by atoms with Gasteiger partial charge in [0.15, 0.2) is 0 Å². The van der Waals surface area contributed by atoms with Crippen molar-refractivity contribution in [1.29, 1.82) is 0 Å². The highest BCUT2D eigenvalue weighted by Crippen LogP contribution is 2.41. The number of nitrogens with one attached hydrogen (secondary N) is 1. The monoisotopic (exact) mass is 301 g/mol. The third-order valence-corrected chi connectivity index (χ3v) is 5.91. The first-order valence-electron chi connectivity index (χ1n) is 8.24. The Balaban J connectivity index is 1.88. The molecule has 2 aliphatic heterocycles. The molecular weight excluding hydrogens is 270 g/mol. The SMILES string of the molecule is CCCNC(CCCOC)C1CCOC2(CCSC2)C1. The number of rotatable bonds is 8. The molecule has 3 nitrogen and oxygen atoms in total. The Bertz CT molecular complexity index is 269. The topological polar surface area (TPSA) is 30.5 Å². The van der Waals surface area contributed by atoms with Gasteiger partial charge in [-0.15, -0.1) is 0 Å². The van der Waals surface area contributed by atoms with Gasteiger partial charge in [-0.1, -0.05) is 6.92 Å². The Morgan fingerprint density at radius 3 is 3.10 bits per heavy atom. The van der Waals surface area contributed by atoms with E-state index in [1.54, 1.807) is 7.11 Å². The van der Waals surface area contributed by atoms with E-state index in [1.807, 2.05) is 0 Å². The van der Waals surface area contributed by atoms with E-state index < -0.39 is 0 Å². The van der Waals surface area contributed by atoms with E-state index in [-0.39, 0.29) is 5.60 Å². The van der Waals surface area contributed by atoms with Crippen LogP contribution in [-0.2, 0) is 9.47 Å². The zero-order valence-corrected chi connectivity index (χ0v) is 14.0. The van der Waals surface area contributed by atoms with Crippen LogP contribution in [0.2, 0.25) is 0 Å². The lowest BCUT2D eigenvalue weighted by molar-refractivity contribution is -0.0857. The second-order valence-electron chi connectivity index (χ2n) is 6.28. The summed E-state index contributed by atoms with van der Waals surface area (Å²) in [5.41, 5.74) is 0.209. The minimum absolute atomic E-state index is 0.209. The van der Waals surface area contributed by atoms with Gasteiger partial charge in [0.05, 0.1) is 5.60 Å². The highest BCUT2D eigenvalue weighted by atomic mass is 32.2. The molecule has 118 valence electrons. The third kappa shape index (κ3) is 4.62. The molecule has 20 heavy (non-hydrogen) atoms. The predicted molar refractivity (Wildman–Crippen MR) is 86.5 cm³/mol. The fourth-order valence-electron chi connectivity index (χ4n) is 3.55. The summed E-state index contributed by atoms with van der Waals surface area (Å²) in [6, 6.07) is 0.650. The summed E-state index contributed by atoms with van der Waals surface area (Å²) < 4.78 is 11.4. The minimum atomic E-state index is 0.209. The first kappa shape index (κ1) is 16.6. The van der Waals surface area contributed by atoms with Crippen LogP contribution in [-0.4, -0.2) is 50.0 Å². The van der Waals surface area contributed by atoms with Crippen LogP contribution in [0.1, 0.15) is 45.4 Å². The normalized spacial score (nSPS) is 31.8. The van der Waals surface area contributed by atoms with Crippen molar-refractivity contribution in [1.82, 2.24) is 5.32 Å². The Labute approximate surface area is 128 Å². The van der Waals surface area contributed by atoms with Crippen molar-refractivity contribution in [3.8, 4) is 0 Å². The number of thioether (sulfide) groups is 1. The van der Waals surface area contributed by atoms with E-state index in [0.717, 1.165) is 32.1 Å². The molecule has 1 N–H and O–H groups in total. The van der Waals surface area contributed by atoms with Crippen molar-refractivity contribution in [3.63, 3.8) is 0 Å². The molecule has 0 aromatic rings. The van der Waals surface area contributed by atoms with E-state index in [4.69, 9.17) is 9.47 Å². The Morgan fingerprint density at radius 1 is 1.50 bits per heavy atom. The van der Waals surface area contributed by atoms with Crippen LogP contribution < -0.4 is 5.32 Å². The molecule has 0 aliphatic carbocycles. The largest absolute Gasteiger partial charge is 0.385 e. The first-order chi connectivity index (χ1) is 9.79. The van der Waals surface area contributed by atoms with Crippen LogP contribution in [0.5, 0.6) is 0 Å². The van der Waals surface area contributed by atoms with Gasteiger partial charge in [0.1, 0.15) is 0 Å². The van der Waals surface area contributed by atoms with E-state index in [9.17, 15) is 0 Å². The molecule has 0 radical (unpaired) electrons. The third-order valence-electron chi connectivity index (χ3n) is 4.69. The van der Waals surface area contributed by atoms with Crippen molar-refractivity contribution in [2.24, 2.45) is 5.92 Å². The van der Waals surface area contributed by atoms with Crippen molar-refractivity contribution in [2.45, 2.75) is 57.1 Å². The predicted octanol–water partition coefficient (Wildman–Crippen LogP) is 3.08. The molecule has 2 rings (SSSR count). The highest BCUT2D eigenvalue weighted by molar-refractivity contribution is 7.99. The van der Waals surface area contributed by atoms with Gasteiger partial charge in [-0.05, 0) is 56.7 Å². The van der Waals surface area contributed by atoms with Gasteiger partial charge in [0.2, 0.25) is 0 Å². The molecule has 2 saturated heterocycles. The van der Waals surface area contributed by atoms with Crippen molar-refractivity contribution < 1.29 is 9.47 Å². The van der Waals surface area contributed by atoms with E-state index in [1.165, 1.54) is 43.6 Å². The van der Waals surface area contributed by atoms with Gasteiger partial charge in [0.25, 0.3) is 0 Å². The molecular formula is C16H31NO2S. The van der Waals surface area contributed by atoms with Gasteiger partial charge in [-0.3, -0.25) is 0 Å². The van der Waals surface area contributed by atoms with E-state index >= 15 is 0 Å². The smallest absolute Gasteiger partial charge is 0.0783 e. The molecule has 0 amide bonds. The summed E-state index contributed by atoms with van der Waals surface area (Å²) in [6.07, 6.45) is 7.35. The van der Waals surface area contributed by atoms with Crippen molar-refractivity contribution in [2.75, 3.05) is 38.4 Å². The minimum Gasteiger partial charge on any atom is -0.385 e. The molecule has 1 spiro atoms. The first-order valence-corrected chi connectivity index (χ1v) is 9.39. The van der Waals surface area contributed by atoms with Crippen LogP contribution in [0.15, 0.2) is 0 Å². The molecule has 3 atom stereocenters. The van der Waals surface area contributed by atoms with Crippen LogP contribution >= 0.6 is 11.8 Å². The fraction of sp³-hybridized carbons (Fsp3) is 1.00. The lowest BCUT2D eigenvalue weighted by Crippen LogP contribution is -2.47. The van der Waals surface area contributed by atoms with Gasteiger partial charge in [-0.2, -0.15) is 11.8 Å². The van der Waals surface area contributed by atoms with Crippen molar-refractivity contribution in [3.05, 3.63) is 0 Å². The maximum absolute atomic E-state index is 6.16. The quantitative estimate of drug-likeness (QED) is 0.698. The average Bonchev–Trinajstić information content (AvgIpc) is 2.90. The number of methoxy groups -OCH3 is 1. The lowest BCUT2D eigenvalue weighted by atomic mass is 9.80. The molecule has 3 unspecified atom stereocenters. The number of hydrogen-bond acceptors (Lipinski definition) is 4. The fourth-order valence-corrected chi connectivity index (χ4v) is 4.93. The maximum atomic E-state index is 6.16. The van der Waals surface area contributed by atoms with Gasteiger partial charge in [0, 0.05) is 32.1 Å². The zero-order valence-electron chi connectivity index (χ0n) is 13.2. The van der Waals surface area contributed by atoms with E-state index in [0.29, 0.717) is 6.04 Å². The van der Waals surface area contributed by atoms with Crippen LogP contribution in [0.4, 0.5) is 0 Å². The summed E-state index contributed by atoms with van der Waals surface area (Å²) in [5.74, 6) is 3.27. The summed E-state index contributed by atoms with van der Waals surface area (Å²) >= 11 is 2.07. The molecule has 0 bridgehead atoms. The van der Waals surface area contributed by atoms with Crippen LogP contribution in [0.25, 0.3) is 0 Å². The summed E-state index contributed by atoms with van der Waals surface area (Å²) in [5, 5.41) is 3.79. The summed E-state index contributed by atoms with van der Waals surface area (Å²) in [4.78, 5) is 0. The highest BCUT2D eigenvalue weighted by Gasteiger charge is 2.42. The van der Waals surface area contributed by atoms with Crippen molar-refractivity contribution >= 4 is 11.8 Å². The summed E-state index contributed by atoms with van der Waals surface area (Å²) in [6.45, 7) is 5.23. The van der Waals surface area contributed by atoms with Gasteiger partial charge < -0.3 is 14.8 Å². The maximum Gasteiger partial charge on any atom is 0.0783 e. The Kier molecular flexibility index (Phi) is 7.15. The number of hydrogen-bond donors (Lipinski definition) is 1. The Morgan fingerprint density at radius 2 is 2.40 bits per heavy atom. The molecule has 0 saturated carbocycles. The zero-order chi connectivity index (χ0) is 14.3. The van der Waals surface area contributed by atoms with Crippen LogP contribution in [0.3, 0.4) is 0 Å². The molecule has 2 aliphatic rings. The molecule has 4 heteroatoms. The summed E-state index contributed by atoms with van der Waals surface area (Å²) in [7, 11) is 1.80. The lowest BCUT2D eigenvalue weighted by Gasteiger charge is -2.41. The number of ether oxygens (including phenoxy) is 2.